The van der Waals surface area contributed by atoms with Crippen LogP contribution >= 0.6 is 15.9 Å². The molecule has 0 atom stereocenters. The molecule has 0 aliphatic carbocycles. The number of aryl methyl sites for hydroxylation is 1. The molecule has 3 aromatic rings. The first-order chi connectivity index (χ1) is 9.43. The van der Waals surface area contributed by atoms with Gasteiger partial charge >= 0.3 is 0 Å². The van der Waals surface area contributed by atoms with Crippen LogP contribution in [0.3, 0.4) is 0 Å². The Kier molecular flexibility index (Phi) is 1.74. The summed E-state index contributed by atoms with van der Waals surface area (Å²) in [6.45, 7) is -2.29. The molecule has 0 saturated heterocycles. The van der Waals surface area contributed by atoms with Crippen molar-refractivity contribution in [2.45, 2.75) is 0 Å². The minimum atomic E-state index is -2.29. The number of halogens is 1. The Bertz CT molecular complexity index is 782. The quantitative estimate of drug-likeness (QED) is 0.692. The second kappa shape index (κ2) is 3.92. The predicted octanol–water partition coefficient (Wildman–Crippen LogP) is 2.79. The van der Waals surface area contributed by atoms with Crippen molar-refractivity contribution >= 4 is 27.0 Å². The third kappa shape index (κ3) is 1.93. The Hall–Kier alpha value is -1.75. The molecule has 0 saturated carbocycles. The maximum atomic E-state index is 7.30. The third-order valence-electron chi connectivity index (χ3n) is 2.38. The zero-order valence-electron chi connectivity index (χ0n) is 11.6. The summed E-state index contributed by atoms with van der Waals surface area (Å²) in [4.78, 5) is 8.78. The summed E-state index contributed by atoms with van der Waals surface area (Å²) in [5.41, 5.74) is 2.72. The van der Waals surface area contributed by atoms with E-state index < -0.39 is 6.98 Å². The van der Waals surface area contributed by atoms with E-state index in [1.807, 2.05) is 18.2 Å². The van der Waals surface area contributed by atoms with Crippen molar-refractivity contribution in [3.63, 3.8) is 0 Å². The van der Waals surface area contributed by atoms with Gasteiger partial charge < -0.3 is 0 Å². The molecule has 0 amide bonds. The van der Waals surface area contributed by atoms with E-state index in [4.69, 9.17) is 4.11 Å². The highest BCUT2D eigenvalue weighted by atomic mass is 79.9. The zero-order chi connectivity index (χ0) is 14.3. The molecule has 0 radical (unpaired) electrons. The molecule has 4 nitrogen and oxygen atoms in total. The molecule has 17 heavy (non-hydrogen) atoms. The van der Waals surface area contributed by atoms with Gasteiger partial charge in [0.1, 0.15) is 0 Å². The molecule has 5 heteroatoms. The summed E-state index contributed by atoms with van der Waals surface area (Å²) < 4.78 is 23.7. The first-order valence-electron chi connectivity index (χ1n) is 6.41. The van der Waals surface area contributed by atoms with Gasteiger partial charge in [0, 0.05) is 27.3 Å². The lowest BCUT2D eigenvalue weighted by atomic mass is 10.2. The second-order valence-electron chi connectivity index (χ2n) is 3.56. The Labute approximate surface area is 111 Å². The van der Waals surface area contributed by atoms with Crippen LogP contribution in [-0.4, -0.2) is 19.7 Å². The zero-order valence-corrected chi connectivity index (χ0v) is 10.2. The SMILES string of the molecule is [2H]C([2H])([2H])n1cc(-c2cnc3ccc(Br)cc3n2)cn1. The highest BCUT2D eigenvalue weighted by Crippen LogP contribution is 2.20. The molecule has 84 valence electrons. The van der Waals surface area contributed by atoms with E-state index in [9.17, 15) is 0 Å². The normalized spacial score (nSPS) is 14.3. The van der Waals surface area contributed by atoms with Gasteiger partial charge in [-0.1, -0.05) is 15.9 Å². The van der Waals surface area contributed by atoms with Gasteiger partial charge in [-0.15, -0.1) is 0 Å². The Morgan fingerprint density at radius 1 is 1.29 bits per heavy atom. The summed E-state index contributed by atoms with van der Waals surface area (Å²) in [5, 5.41) is 3.84. The molecule has 0 bridgehead atoms. The van der Waals surface area contributed by atoms with Crippen LogP contribution in [0.15, 0.2) is 41.3 Å². The van der Waals surface area contributed by atoms with Crippen molar-refractivity contribution in [3.8, 4) is 11.3 Å². The first-order valence-corrected chi connectivity index (χ1v) is 5.71. The fraction of sp³-hybridized carbons (Fsp3) is 0.0833. The van der Waals surface area contributed by atoms with Crippen molar-refractivity contribution in [1.82, 2.24) is 19.7 Å². The monoisotopic (exact) mass is 291 g/mol. The molecular weight excluding hydrogens is 280 g/mol. The van der Waals surface area contributed by atoms with Gasteiger partial charge in [-0.25, -0.2) is 4.98 Å². The minimum absolute atomic E-state index is 0.589. The number of hydrogen-bond donors (Lipinski definition) is 0. The topological polar surface area (TPSA) is 43.6 Å². The van der Waals surface area contributed by atoms with E-state index in [-0.39, 0.29) is 0 Å². The van der Waals surface area contributed by atoms with Gasteiger partial charge in [-0.3, -0.25) is 9.67 Å². The van der Waals surface area contributed by atoms with Crippen LogP contribution in [0.2, 0.25) is 0 Å². The van der Waals surface area contributed by atoms with Gasteiger partial charge in [0.2, 0.25) is 0 Å². The summed E-state index contributed by atoms with van der Waals surface area (Å²) in [6, 6.07) is 5.62. The van der Waals surface area contributed by atoms with E-state index in [0.717, 1.165) is 20.2 Å². The Morgan fingerprint density at radius 2 is 2.24 bits per heavy atom. The van der Waals surface area contributed by atoms with E-state index >= 15 is 0 Å². The van der Waals surface area contributed by atoms with Crippen molar-refractivity contribution in [2.24, 2.45) is 6.98 Å². The maximum absolute atomic E-state index is 7.30. The lowest BCUT2D eigenvalue weighted by molar-refractivity contribution is 0.768. The minimum Gasteiger partial charge on any atom is -0.275 e. The summed E-state index contributed by atoms with van der Waals surface area (Å²) in [7, 11) is 0. The predicted molar refractivity (Wildman–Crippen MR) is 69.4 cm³/mol. The maximum Gasteiger partial charge on any atom is 0.0924 e. The Balaban J connectivity index is 2.08. The molecule has 0 N–H and O–H groups in total. The molecule has 1 aromatic carbocycles. The summed E-state index contributed by atoms with van der Waals surface area (Å²) in [6.07, 6.45) is 4.53. The standard InChI is InChI=1S/C12H9BrN4/c1-17-7-8(5-15-17)12-6-14-10-3-2-9(13)4-11(10)16-12/h2-7H,1H3/i1D3. The number of hydrogen-bond acceptors (Lipinski definition) is 3. The van der Waals surface area contributed by atoms with E-state index in [0.29, 0.717) is 11.3 Å². The molecule has 0 fully saturated rings. The highest BCUT2D eigenvalue weighted by Gasteiger charge is 2.04. The summed E-state index contributed by atoms with van der Waals surface area (Å²) in [5.74, 6) is 0. The molecule has 0 aliphatic rings. The van der Waals surface area contributed by atoms with Crippen LogP contribution in [0, 0.1) is 0 Å². The summed E-state index contributed by atoms with van der Waals surface area (Å²) >= 11 is 3.38. The second-order valence-corrected chi connectivity index (χ2v) is 4.48. The number of aromatic nitrogens is 4. The van der Waals surface area contributed by atoms with Gasteiger partial charge in [-0.05, 0) is 18.2 Å². The van der Waals surface area contributed by atoms with Crippen LogP contribution in [-0.2, 0) is 6.98 Å². The van der Waals surface area contributed by atoms with Crippen LogP contribution in [0.4, 0.5) is 0 Å². The number of fused-ring (bicyclic) bond motifs is 1. The van der Waals surface area contributed by atoms with Crippen LogP contribution in [0.5, 0.6) is 0 Å². The van der Waals surface area contributed by atoms with Gasteiger partial charge in [-0.2, -0.15) is 5.10 Å². The molecular formula is C12H9BrN4. The molecule has 3 rings (SSSR count). The largest absolute Gasteiger partial charge is 0.275 e. The van der Waals surface area contributed by atoms with Crippen molar-refractivity contribution in [1.29, 1.82) is 0 Å². The Morgan fingerprint density at radius 3 is 3.06 bits per heavy atom. The van der Waals surface area contributed by atoms with Crippen molar-refractivity contribution in [2.75, 3.05) is 0 Å². The first kappa shape index (κ1) is 7.55. The fourth-order valence-corrected chi connectivity index (χ4v) is 1.93. The molecule has 0 spiro atoms. The third-order valence-corrected chi connectivity index (χ3v) is 2.88. The van der Waals surface area contributed by atoms with Gasteiger partial charge in [0.05, 0.1) is 29.1 Å². The average molecular weight is 292 g/mol. The van der Waals surface area contributed by atoms with Gasteiger partial charge in [0.25, 0.3) is 0 Å². The fourth-order valence-electron chi connectivity index (χ4n) is 1.58. The average Bonchev–Trinajstić information content (AvgIpc) is 2.87. The number of benzene rings is 1. The molecule has 0 unspecified atom stereocenters. The number of rotatable bonds is 1. The van der Waals surface area contributed by atoms with E-state index in [2.05, 4.69) is 31.0 Å². The van der Waals surface area contributed by atoms with Crippen LogP contribution in [0.25, 0.3) is 22.3 Å². The molecule has 2 heterocycles. The van der Waals surface area contributed by atoms with Gasteiger partial charge in [0.15, 0.2) is 0 Å². The van der Waals surface area contributed by atoms with E-state index in [1.54, 1.807) is 6.20 Å². The smallest absolute Gasteiger partial charge is 0.0924 e. The molecule has 2 aromatic heterocycles. The lowest BCUT2D eigenvalue weighted by Gasteiger charge is -2.00. The molecule has 0 aliphatic heterocycles. The van der Waals surface area contributed by atoms with E-state index in [1.165, 1.54) is 12.4 Å². The van der Waals surface area contributed by atoms with Crippen LogP contribution in [0.1, 0.15) is 4.11 Å². The van der Waals surface area contributed by atoms with Crippen LogP contribution < -0.4 is 0 Å². The highest BCUT2D eigenvalue weighted by molar-refractivity contribution is 9.10. The van der Waals surface area contributed by atoms with Crippen molar-refractivity contribution in [3.05, 3.63) is 41.3 Å². The number of nitrogens with zero attached hydrogens (tertiary/aromatic N) is 4. The van der Waals surface area contributed by atoms with Crippen molar-refractivity contribution < 1.29 is 4.11 Å². The lowest BCUT2D eigenvalue weighted by Crippen LogP contribution is -1.88.